The number of ether oxygens (including phenoxy) is 1. The van der Waals surface area contributed by atoms with E-state index in [1.54, 1.807) is 6.07 Å². The van der Waals surface area contributed by atoms with Gasteiger partial charge in [0.2, 0.25) is 0 Å². The number of rotatable bonds is 3. The first kappa shape index (κ1) is 10.6. The van der Waals surface area contributed by atoms with Crippen LogP contribution in [0.4, 0.5) is 11.4 Å². The molecular weight excluding hydrogens is 212 g/mol. The van der Waals surface area contributed by atoms with Crippen molar-refractivity contribution < 1.29 is 4.74 Å². The summed E-state index contributed by atoms with van der Waals surface area (Å²) in [5, 5.41) is 3.93. The molecule has 1 aliphatic rings. The van der Waals surface area contributed by atoms with Gasteiger partial charge in [-0.25, -0.2) is 0 Å². The van der Waals surface area contributed by atoms with E-state index in [-0.39, 0.29) is 0 Å². The highest BCUT2D eigenvalue weighted by Crippen LogP contribution is 2.24. The van der Waals surface area contributed by atoms with Gasteiger partial charge in [-0.15, -0.1) is 0 Å². The average molecular weight is 227 g/mol. The van der Waals surface area contributed by atoms with Crippen LogP contribution in [0.25, 0.3) is 0 Å². The summed E-state index contributed by atoms with van der Waals surface area (Å²) in [5.41, 5.74) is 7.21. The minimum atomic E-state index is 0.318. The van der Waals surface area contributed by atoms with Gasteiger partial charge in [0.15, 0.2) is 0 Å². The van der Waals surface area contributed by atoms with Crippen LogP contribution in [0.5, 0.6) is 0 Å². The van der Waals surface area contributed by atoms with Gasteiger partial charge in [-0.3, -0.25) is 0 Å². The molecule has 0 amide bonds. The number of halogens is 1. The van der Waals surface area contributed by atoms with Crippen LogP contribution in [0.2, 0.25) is 5.02 Å². The minimum absolute atomic E-state index is 0.318. The van der Waals surface area contributed by atoms with Gasteiger partial charge in [0.1, 0.15) is 0 Å². The second kappa shape index (κ2) is 4.73. The third-order valence-electron chi connectivity index (χ3n) is 2.54. The summed E-state index contributed by atoms with van der Waals surface area (Å²) in [6.45, 7) is 1.69. The lowest BCUT2D eigenvalue weighted by Crippen LogP contribution is -2.18. The highest BCUT2D eigenvalue weighted by molar-refractivity contribution is 6.33. The number of hydrogen-bond donors (Lipinski definition) is 2. The SMILES string of the molecule is Nc1ccc(NCC2CCCO2)c(Cl)c1. The summed E-state index contributed by atoms with van der Waals surface area (Å²) in [5.74, 6) is 0. The molecule has 1 aromatic rings. The fraction of sp³-hybridized carbons (Fsp3) is 0.455. The van der Waals surface area contributed by atoms with Crippen molar-refractivity contribution >= 4 is 23.0 Å². The molecule has 1 saturated heterocycles. The highest BCUT2D eigenvalue weighted by atomic mass is 35.5. The van der Waals surface area contributed by atoms with Crippen LogP contribution >= 0.6 is 11.6 Å². The van der Waals surface area contributed by atoms with Crippen molar-refractivity contribution in [2.24, 2.45) is 0 Å². The fourth-order valence-corrected chi connectivity index (χ4v) is 1.96. The van der Waals surface area contributed by atoms with Gasteiger partial charge in [-0.1, -0.05) is 11.6 Å². The van der Waals surface area contributed by atoms with Crippen molar-refractivity contribution in [3.63, 3.8) is 0 Å². The lowest BCUT2D eigenvalue weighted by atomic mass is 10.2. The molecule has 15 heavy (non-hydrogen) atoms. The van der Waals surface area contributed by atoms with Gasteiger partial charge in [-0.2, -0.15) is 0 Å². The van der Waals surface area contributed by atoms with Crippen molar-refractivity contribution in [1.82, 2.24) is 0 Å². The van der Waals surface area contributed by atoms with Crippen LogP contribution in [0, 0.1) is 0 Å². The fourth-order valence-electron chi connectivity index (χ4n) is 1.70. The van der Waals surface area contributed by atoms with Crippen LogP contribution in [-0.2, 0) is 4.74 Å². The van der Waals surface area contributed by atoms with E-state index < -0.39 is 0 Å². The van der Waals surface area contributed by atoms with Crippen LogP contribution in [-0.4, -0.2) is 19.3 Å². The van der Waals surface area contributed by atoms with E-state index in [1.807, 2.05) is 12.1 Å². The van der Waals surface area contributed by atoms with Gasteiger partial charge in [0.05, 0.1) is 16.8 Å². The quantitative estimate of drug-likeness (QED) is 0.779. The Balaban J connectivity index is 1.92. The predicted molar refractivity (Wildman–Crippen MR) is 63.3 cm³/mol. The van der Waals surface area contributed by atoms with Gasteiger partial charge in [0, 0.05) is 18.8 Å². The monoisotopic (exact) mass is 226 g/mol. The molecule has 1 unspecified atom stereocenters. The standard InChI is InChI=1S/C11H15ClN2O/c12-10-6-8(13)3-4-11(10)14-7-9-2-1-5-15-9/h3-4,6,9,14H,1-2,5,7,13H2. The molecule has 0 spiro atoms. The normalized spacial score (nSPS) is 20.5. The zero-order valence-electron chi connectivity index (χ0n) is 8.50. The molecule has 1 aliphatic heterocycles. The Morgan fingerprint density at radius 2 is 2.40 bits per heavy atom. The Morgan fingerprint density at radius 1 is 1.53 bits per heavy atom. The van der Waals surface area contributed by atoms with Gasteiger partial charge < -0.3 is 15.8 Å². The summed E-state index contributed by atoms with van der Waals surface area (Å²) in [4.78, 5) is 0. The molecule has 0 saturated carbocycles. The summed E-state index contributed by atoms with van der Waals surface area (Å²) >= 11 is 6.03. The lowest BCUT2D eigenvalue weighted by Gasteiger charge is -2.13. The molecule has 3 nitrogen and oxygen atoms in total. The van der Waals surface area contributed by atoms with E-state index in [9.17, 15) is 0 Å². The highest BCUT2D eigenvalue weighted by Gasteiger charge is 2.15. The third kappa shape index (κ3) is 2.76. The van der Waals surface area contributed by atoms with E-state index >= 15 is 0 Å². The minimum Gasteiger partial charge on any atom is -0.399 e. The zero-order chi connectivity index (χ0) is 10.7. The second-order valence-corrected chi connectivity index (χ2v) is 4.16. The van der Waals surface area contributed by atoms with E-state index in [1.165, 1.54) is 0 Å². The largest absolute Gasteiger partial charge is 0.399 e. The van der Waals surface area contributed by atoms with E-state index in [4.69, 9.17) is 22.1 Å². The maximum absolute atomic E-state index is 6.03. The molecule has 82 valence electrons. The lowest BCUT2D eigenvalue weighted by molar-refractivity contribution is 0.120. The molecule has 0 radical (unpaired) electrons. The number of nitrogen functional groups attached to an aromatic ring is 1. The van der Waals surface area contributed by atoms with Crippen LogP contribution < -0.4 is 11.1 Å². The maximum atomic E-state index is 6.03. The van der Waals surface area contributed by atoms with Crippen molar-refractivity contribution in [2.45, 2.75) is 18.9 Å². The average Bonchev–Trinajstić information content (AvgIpc) is 2.69. The molecule has 0 aliphatic carbocycles. The Kier molecular flexibility index (Phi) is 3.34. The number of nitrogens with one attached hydrogen (secondary N) is 1. The van der Waals surface area contributed by atoms with Gasteiger partial charge >= 0.3 is 0 Å². The summed E-state index contributed by atoms with van der Waals surface area (Å²) in [6, 6.07) is 5.48. The Labute approximate surface area is 94.6 Å². The topological polar surface area (TPSA) is 47.3 Å². The van der Waals surface area contributed by atoms with E-state index in [0.717, 1.165) is 31.7 Å². The van der Waals surface area contributed by atoms with Crippen LogP contribution in [0.15, 0.2) is 18.2 Å². The van der Waals surface area contributed by atoms with E-state index in [2.05, 4.69) is 5.32 Å². The maximum Gasteiger partial charge on any atom is 0.0748 e. The summed E-state index contributed by atoms with van der Waals surface area (Å²) in [7, 11) is 0. The summed E-state index contributed by atoms with van der Waals surface area (Å²) in [6.07, 6.45) is 2.60. The number of anilines is 2. The number of benzene rings is 1. The Morgan fingerprint density at radius 3 is 3.07 bits per heavy atom. The molecule has 3 N–H and O–H groups in total. The molecule has 0 aromatic heterocycles. The predicted octanol–water partition coefficient (Wildman–Crippen LogP) is 2.51. The molecule has 0 bridgehead atoms. The number of nitrogens with two attached hydrogens (primary N) is 1. The smallest absolute Gasteiger partial charge is 0.0748 e. The molecule has 1 fully saturated rings. The Hall–Kier alpha value is -0.930. The molecule has 2 rings (SSSR count). The van der Waals surface area contributed by atoms with Gasteiger partial charge in [0.25, 0.3) is 0 Å². The Bertz CT molecular complexity index is 337. The molecule has 4 heteroatoms. The molecule has 1 aromatic carbocycles. The molecule has 1 atom stereocenters. The van der Waals surface area contributed by atoms with Crippen LogP contribution in [0.1, 0.15) is 12.8 Å². The van der Waals surface area contributed by atoms with Gasteiger partial charge in [-0.05, 0) is 31.0 Å². The number of hydrogen-bond acceptors (Lipinski definition) is 3. The summed E-state index contributed by atoms with van der Waals surface area (Å²) < 4.78 is 5.51. The third-order valence-corrected chi connectivity index (χ3v) is 2.85. The zero-order valence-corrected chi connectivity index (χ0v) is 9.26. The van der Waals surface area contributed by atoms with Crippen molar-refractivity contribution in [3.8, 4) is 0 Å². The van der Waals surface area contributed by atoms with Crippen molar-refractivity contribution in [3.05, 3.63) is 23.2 Å². The van der Waals surface area contributed by atoms with Crippen LogP contribution in [0.3, 0.4) is 0 Å². The van der Waals surface area contributed by atoms with E-state index in [0.29, 0.717) is 16.8 Å². The van der Waals surface area contributed by atoms with Crippen molar-refractivity contribution in [1.29, 1.82) is 0 Å². The first-order valence-corrected chi connectivity index (χ1v) is 5.54. The first-order valence-electron chi connectivity index (χ1n) is 5.16. The molecular formula is C11H15ClN2O. The first-order chi connectivity index (χ1) is 7.25. The molecule has 1 heterocycles. The second-order valence-electron chi connectivity index (χ2n) is 3.76. The van der Waals surface area contributed by atoms with Crippen molar-refractivity contribution in [2.75, 3.05) is 24.2 Å².